The quantitative estimate of drug-likeness (QED) is 0.861. The number of aliphatic hydroxyl groups is 1. The Balaban J connectivity index is 1.78. The Morgan fingerprint density at radius 1 is 1.12 bits per heavy atom. The molecule has 2 aromatic rings. The van der Waals surface area contributed by atoms with Crippen molar-refractivity contribution < 1.29 is 14.3 Å². The van der Waals surface area contributed by atoms with E-state index in [0.717, 1.165) is 31.5 Å². The van der Waals surface area contributed by atoms with Crippen LogP contribution in [0, 0.1) is 11.7 Å². The fraction of sp³-hybridized carbons (Fsp3) is 0.381. The number of hydrogen-bond acceptors (Lipinski definition) is 3. The van der Waals surface area contributed by atoms with Gasteiger partial charge in [-0.15, -0.1) is 0 Å². The number of amides is 1. The van der Waals surface area contributed by atoms with Gasteiger partial charge in [0.2, 0.25) is 5.91 Å². The highest BCUT2D eigenvalue weighted by Gasteiger charge is 2.32. The molecule has 1 aliphatic rings. The molecule has 1 aliphatic heterocycles. The summed E-state index contributed by atoms with van der Waals surface area (Å²) in [5.41, 5.74) is 1.51. The zero-order valence-electron chi connectivity index (χ0n) is 14.9. The molecular formula is C21H25FN2O2. The average Bonchev–Trinajstić information content (AvgIpc) is 2.65. The number of rotatable bonds is 5. The van der Waals surface area contributed by atoms with E-state index in [4.69, 9.17) is 0 Å². The SMILES string of the molecule is C[C@H](O)C1CCN([C@@H](C(=O)Nc2ccc(F)cc2)c2ccccc2)CC1. The third-order valence-electron chi connectivity index (χ3n) is 5.10. The summed E-state index contributed by atoms with van der Waals surface area (Å²) in [7, 11) is 0. The van der Waals surface area contributed by atoms with E-state index in [2.05, 4.69) is 10.2 Å². The van der Waals surface area contributed by atoms with E-state index in [9.17, 15) is 14.3 Å². The van der Waals surface area contributed by atoms with Crippen molar-refractivity contribution in [1.82, 2.24) is 4.90 Å². The van der Waals surface area contributed by atoms with Gasteiger partial charge in [-0.05, 0) is 68.6 Å². The van der Waals surface area contributed by atoms with Gasteiger partial charge in [0, 0.05) is 5.69 Å². The van der Waals surface area contributed by atoms with Crippen molar-refractivity contribution in [2.45, 2.75) is 31.9 Å². The van der Waals surface area contributed by atoms with Crippen molar-refractivity contribution in [3.8, 4) is 0 Å². The molecular weight excluding hydrogens is 331 g/mol. The minimum absolute atomic E-state index is 0.127. The highest BCUT2D eigenvalue weighted by Crippen LogP contribution is 2.29. The predicted octanol–water partition coefficient (Wildman–Crippen LogP) is 3.60. The normalized spacial score (nSPS) is 18.3. The van der Waals surface area contributed by atoms with Crippen LogP contribution in [0.4, 0.5) is 10.1 Å². The molecule has 0 unspecified atom stereocenters. The maximum atomic E-state index is 13.1. The lowest BCUT2D eigenvalue weighted by molar-refractivity contribution is -0.122. The van der Waals surface area contributed by atoms with Crippen molar-refractivity contribution >= 4 is 11.6 Å². The Hall–Kier alpha value is -2.24. The number of piperidine rings is 1. The van der Waals surface area contributed by atoms with E-state index in [0.29, 0.717) is 5.69 Å². The first kappa shape index (κ1) is 18.5. The van der Waals surface area contributed by atoms with Gasteiger partial charge in [0.25, 0.3) is 0 Å². The van der Waals surface area contributed by atoms with E-state index in [1.807, 2.05) is 37.3 Å². The maximum Gasteiger partial charge on any atom is 0.246 e. The van der Waals surface area contributed by atoms with Gasteiger partial charge >= 0.3 is 0 Å². The maximum absolute atomic E-state index is 13.1. The third kappa shape index (κ3) is 4.48. The van der Waals surface area contributed by atoms with Crippen molar-refractivity contribution in [3.63, 3.8) is 0 Å². The first-order chi connectivity index (χ1) is 12.5. The molecule has 2 aromatic carbocycles. The smallest absolute Gasteiger partial charge is 0.246 e. The van der Waals surface area contributed by atoms with Crippen molar-refractivity contribution in [3.05, 3.63) is 66.0 Å². The Labute approximate surface area is 153 Å². The number of halogens is 1. The van der Waals surface area contributed by atoms with Crippen LogP contribution < -0.4 is 5.32 Å². The molecule has 2 N–H and O–H groups in total. The summed E-state index contributed by atoms with van der Waals surface area (Å²) in [5.74, 6) is -0.177. The van der Waals surface area contributed by atoms with E-state index < -0.39 is 6.04 Å². The lowest BCUT2D eigenvalue weighted by Crippen LogP contribution is -2.43. The van der Waals surface area contributed by atoms with Crippen molar-refractivity contribution in [2.24, 2.45) is 5.92 Å². The van der Waals surface area contributed by atoms with Crippen LogP contribution in [-0.4, -0.2) is 35.1 Å². The van der Waals surface area contributed by atoms with Gasteiger partial charge in [-0.2, -0.15) is 0 Å². The second-order valence-corrected chi connectivity index (χ2v) is 6.92. The van der Waals surface area contributed by atoms with E-state index in [-0.39, 0.29) is 23.7 Å². The van der Waals surface area contributed by atoms with Crippen LogP contribution in [-0.2, 0) is 4.79 Å². The summed E-state index contributed by atoms with van der Waals surface area (Å²) in [5, 5.41) is 12.7. The van der Waals surface area contributed by atoms with Crippen molar-refractivity contribution in [1.29, 1.82) is 0 Å². The molecule has 26 heavy (non-hydrogen) atoms. The summed E-state index contributed by atoms with van der Waals surface area (Å²) in [6.07, 6.45) is 1.41. The Kier molecular flexibility index (Phi) is 6.01. The molecule has 0 spiro atoms. The Morgan fingerprint density at radius 2 is 1.73 bits per heavy atom. The molecule has 5 heteroatoms. The molecule has 0 saturated carbocycles. The lowest BCUT2D eigenvalue weighted by Gasteiger charge is -2.37. The van der Waals surface area contributed by atoms with Gasteiger partial charge < -0.3 is 10.4 Å². The highest BCUT2D eigenvalue weighted by molar-refractivity contribution is 5.95. The number of hydrogen-bond donors (Lipinski definition) is 2. The van der Waals surface area contributed by atoms with Crippen LogP contribution in [0.1, 0.15) is 31.4 Å². The first-order valence-corrected chi connectivity index (χ1v) is 9.08. The van der Waals surface area contributed by atoms with Gasteiger partial charge in [0.15, 0.2) is 0 Å². The molecule has 138 valence electrons. The summed E-state index contributed by atoms with van der Waals surface area (Å²) in [6.45, 7) is 3.34. The second-order valence-electron chi connectivity index (χ2n) is 6.92. The molecule has 1 amide bonds. The summed E-state index contributed by atoms with van der Waals surface area (Å²) < 4.78 is 13.1. The van der Waals surface area contributed by atoms with Crippen LogP contribution in [0.2, 0.25) is 0 Å². The molecule has 4 nitrogen and oxygen atoms in total. The largest absolute Gasteiger partial charge is 0.393 e. The second kappa shape index (κ2) is 8.43. The minimum Gasteiger partial charge on any atom is -0.393 e. The van der Waals surface area contributed by atoms with Gasteiger partial charge in [-0.3, -0.25) is 9.69 Å². The number of carbonyl (C=O) groups is 1. The predicted molar refractivity (Wildman–Crippen MR) is 100 cm³/mol. The van der Waals surface area contributed by atoms with Crippen LogP contribution in [0.3, 0.4) is 0 Å². The van der Waals surface area contributed by atoms with Gasteiger partial charge in [0.05, 0.1) is 6.10 Å². The minimum atomic E-state index is -0.406. The Bertz CT molecular complexity index is 711. The zero-order valence-corrected chi connectivity index (χ0v) is 14.9. The topological polar surface area (TPSA) is 52.6 Å². The molecule has 1 fully saturated rings. The van der Waals surface area contributed by atoms with Crippen molar-refractivity contribution in [2.75, 3.05) is 18.4 Å². The molecule has 0 aliphatic carbocycles. The lowest BCUT2D eigenvalue weighted by atomic mass is 9.90. The van der Waals surface area contributed by atoms with Crippen LogP contribution in [0.5, 0.6) is 0 Å². The van der Waals surface area contributed by atoms with Crippen LogP contribution in [0.15, 0.2) is 54.6 Å². The standard InChI is InChI=1S/C21H25FN2O2/c1-15(25)16-11-13-24(14-12-16)20(17-5-3-2-4-6-17)21(26)23-19-9-7-18(22)8-10-19/h2-10,15-16,20,25H,11-14H2,1H3,(H,23,26)/t15-,20+/m0/s1. The number of benzene rings is 2. The average molecular weight is 356 g/mol. The van der Waals surface area contributed by atoms with Crippen LogP contribution >= 0.6 is 0 Å². The monoisotopic (exact) mass is 356 g/mol. The van der Waals surface area contributed by atoms with Crippen LogP contribution in [0.25, 0.3) is 0 Å². The number of aliphatic hydroxyl groups excluding tert-OH is 1. The first-order valence-electron chi connectivity index (χ1n) is 9.08. The number of likely N-dealkylation sites (tertiary alicyclic amines) is 1. The Morgan fingerprint density at radius 3 is 2.31 bits per heavy atom. The molecule has 1 saturated heterocycles. The summed E-state index contributed by atoms with van der Waals surface area (Å²) in [4.78, 5) is 15.2. The summed E-state index contributed by atoms with van der Waals surface area (Å²) in [6, 6.07) is 15.1. The number of carbonyl (C=O) groups excluding carboxylic acids is 1. The van der Waals surface area contributed by atoms with E-state index in [1.54, 1.807) is 12.1 Å². The fourth-order valence-corrected chi connectivity index (χ4v) is 3.57. The van der Waals surface area contributed by atoms with Gasteiger partial charge in [-0.25, -0.2) is 4.39 Å². The number of anilines is 1. The number of nitrogens with zero attached hydrogens (tertiary/aromatic N) is 1. The highest BCUT2D eigenvalue weighted by atomic mass is 19.1. The molecule has 1 heterocycles. The van der Waals surface area contributed by atoms with Gasteiger partial charge in [-0.1, -0.05) is 30.3 Å². The zero-order chi connectivity index (χ0) is 18.5. The van der Waals surface area contributed by atoms with E-state index in [1.165, 1.54) is 12.1 Å². The van der Waals surface area contributed by atoms with Gasteiger partial charge in [0.1, 0.15) is 11.9 Å². The number of nitrogens with one attached hydrogen (secondary N) is 1. The molecule has 2 atom stereocenters. The molecule has 0 radical (unpaired) electrons. The fourth-order valence-electron chi connectivity index (χ4n) is 3.57. The molecule has 0 aromatic heterocycles. The molecule has 3 rings (SSSR count). The third-order valence-corrected chi connectivity index (χ3v) is 5.10. The molecule has 0 bridgehead atoms. The van der Waals surface area contributed by atoms with E-state index >= 15 is 0 Å². The summed E-state index contributed by atoms with van der Waals surface area (Å²) >= 11 is 0.